The zero-order valence-corrected chi connectivity index (χ0v) is 21.0. The number of nitrogens with zero attached hydrogens (tertiary/aromatic N) is 1. The van der Waals surface area contributed by atoms with Crippen LogP contribution in [0.5, 0.6) is 17.2 Å². The van der Waals surface area contributed by atoms with Gasteiger partial charge in [-0.3, -0.25) is 14.4 Å². The summed E-state index contributed by atoms with van der Waals surface area (Å²) in [6, 6.07) is 10.3. The Morgan fingerprint density at radius 1 is 1.06 bits per heavy atom. The molecular formula is C27H34N2O6. The number of hydrogen-bond acceptors (Lipinski definition) is 5. The predicted molar refractivity (Wildman–Crippen MR) is 133 cm³/mol. The number of nitrogens with one attached hydrogen (secondary N) is 1. The van der Waals surface area contributed by atoms with Crippen molar-refractivity contribution in [2.45, 2.75) is 53.5 Å². The van der Waals surface area contributed by atoms with Crippen molar-refractivity contribution in [2.24, 2.45) is 11.3 Å². The smallest absolute Gasteiger partial charge is 0.307 e. The average molecular weight is 483 g/mol. The first-order valence-corrected chi connectivity index (χ1v) is 11.8. The highest BCUT2D eigenvalue weighted by atomic mass is 16.5. The van der Waals surface area contributed by atoms with Crippen molar-refractivity contribution in [3.63, 3.8) is 0 Å². The van der Waals surface area contributed by atoms with E-state index in [1.165, 1.54) is 7.11 Å². The molecule has 1 saturated carbocycles. The van der Waals surface area contributed by atoms with Gasteiger partial charge in [-0.05, 0) is 55.7 Å². The highest BCUT2D eigenvalue weighted by Gasteiger charge is 2.33. The van der Waals surface area contributed by atoms with Crippen molar-refractivity contribution in [3.05, 3.63) is 47.5 Å². The van der Waals surface area contributed by atoms with E-state index in [1.54, 1.807) is 35.2 Å². The van der Waals surface area contributed by atoms with Crippen LogP contribution in [0, 0.1) is 11.3 Å². The topological polar surface area (TPSA) is 105 Å². The fraction of sp³-hybridized carbons (Fsp3) is 0.444. The highest BCUT2D eigenvalue weighted by Crippen LogP contribution is 2.37. The lowest BCUT2D eigenvalue weighted by molar-refractivity contribution is -0.136. The standard InChI is InChI=1S/C27H34N2O6/c1-6-29(25(32)18-8-9-18)16-19-15-20(28-26(33)27(2,3)4)10-12-21(19)35-23-13-17(14-24(30)31)7-11-22(23)34-5/h7,10-13,15,18H,6,8-9,14,16H2,1-5H3,(H,28,33)(H,30,31). The van der Waals surface area contributed by atoms with Crippen LogP contribution in [0.1, 0.15) is 51.7 Å². The molecule has 35 heavy (non-hydrogen) atoms. The van der Waals surface area contributed by atoms with E-state index >= 15 is 0 Å². The van der Waals surface area contributed by atoms with E-state index in [1.807, 2.05) is 33.8 Å². The molecule has 2 aromatic carbocycles. The molecule has 8 nitrogen and oxygen atoms in total. The second-order valence-corrected chi connectivity index (χ2v) is 9.81. The van der Waals surface area contributed by atoms with Crippen LogP contribution in [0.2, 0.25) is 0 Å². The number of amides is 2. The van der Waals surface area contributed by atoms with Crippen molar-refractivity contribution in [3.8, 4) is 17.2 Å². The molecule has 2 N–H and O–H groups in total. The monoisotopic (exact) mass is 482 g/mol. The zero-order chi connectivity index (χ0) is 25.8. The minimum absolute atomic E-state index is 0.0795. The molecule has 1 aliphatic rings. The summed E-state index contributed by atoms with van der Waals surface area (Å²) >= 11 is 0. The van der Waals surface area contributed by atoms with Crippen LogP contribution in [0.25, 0.3) is 0 Å². The van der Waals surface area contributed by atoms with Gasteiger partial charge in [-0.1, -0.05) is 26.8 Å². The summed E-state index contributed by atoms with van der Waals surface area (Å²) in [5, 5.41) is 12.1. The Morgan fingerprint density at radius 3 is 2.31 bits per heavy atom. The third-order valence-electron chi connectivity index (χ3n) is 5.78. The van der Waals surface area contributed by atoms with Gasteiger partial charge in [-0.2, -0.15) is 0 Å². The Hall–Kier alpha value is -3.55. The number of carboxylic acids is 1. The van der Waals surface area contributed by atoms with Crippen molar-refractivity contribution in [2.75, 3.05) is 19.0 Å². The quantitative estimate of drug-likeness (QED) is 0.501. The molecule has 0 bridgehead atoms. The van der Waals surface area contributed by atoms with Crippen LogP contribution < -0.4 is 14.8 Å². The largest absolute Gasteiger partial charge is 0.493 e. The number of methoxy groups -OCH3 is 1. The van der Waals surface area contributed by atoms with Crippen LogP contribution in [0.15, 0.2) is 36.4 Å². The lowest BCUT2D eigenvalue weighted by Crippen LogP contribution is -2.31. The number of carboxylic acid groups (broad SMARTS) is 1. The first-order valence-electron chi connectivity index (χ1n) is 11.8. The lowest BCUT2D eigenvalue weighted by Gasteiger charge is -2.24. The van der Waals surface area contributed by atoms with Crippen LogP contribution in [-0.2, 0) is 27.3 Å². The van der Waals surface area contributed by atoms with Gasteiger partial charge in [0.2, 0.25) is 11.8 Å². The number of hydrogen-bond donors (Lipinski definition) is 2. The van der Waals surface area contributed by atoms with Gasteiger partial charge in [0.25, 0.3) is 0 Å². The van der Waals surface area contributed by atoms with Crippen LogP contribution in [-0.4, -0.2) is 41.4 Å². The Bertz CT molecular complexity index is 1100. The normalized spacial score (nSPS) is 13.2. The summed E-state index contributed by atoms with van der Waals surface area (Å²) in [4.78, 5) is 38.3. The van der Waals surface area contributed by atoms with Gasteiger partial charge in [0.1, 0.15) is 5.75 Å². The second-order valence-electron chi connectivity index (χ2n) is 9.81. The van der Waals surface area contributed by atoms with E-state index in [4.69, 9.17) is 14.6 Å². The Labute approximate surface area is 206 Å². The highest BCUT2D eigenvalue weighted by molar-refractivity contribution is 5.94. The van der Waals surface area contributed by atoms with E-state index in [2.05, 4.69) is 5.32 Å². The Morgan fingerprint density at radius 2 is 1.74 bits per heavy atom. The number of aliphatic carboxylic acids is 1. The number of anilines is 1. The minimum atomic E-state index is -0.946. The van der Waals surface area contributed by atoms with Gasteiger partial charge in [-0.15, -0.1) is 0 Å². The molecule has 0 aliphatic heterocycles. The van der Waals surface area contributed by atoms with Crippen molar-refractivity contribution in [1.29, 1.82) is 0 Å². The third kappa shape index (κ3) is 6.97. The maximum atomic E-state index is 12.8. The van der Waals surface area contributed by atoms with Crippen molar-refractivity contribution >= 4 is 23.5 Å². The molecule has 0 heterocycles. The van der Waals surface area contributed by atoms with Crippen molar-refractivity contribution < 1.29 is 29.0 Å². The molecular weight excluding hydrogens is 448 g/mol. The van der Waals surface area contributed by atoms with E-state index in [9.17, 15) is 14.4 Å². The van der Waals surface area contributed by atoms with Crippen LogP contribution >= 0.6 is 0 Å². The summed E-state index contributed by atoms with van der Waals surface area (Å²) in [6.45, 7) is 8.31. The molecule has 0 radical (unpaired) electrons. The van der Waals surface area contributed by atoms with Crippen LogP contribution in [0.4, 0.5) is 5.69 Å². The average Bonchev–Trinajstić information content (AvgIpc) is 3.63. The second kappa shape index (κ2) is 10.8. The molecule has 0 aromatic heterocycles. The summed E-state index contributed by atoms with van der Waals surface area (Å²) < 4.78 is 11.6. The fourth-order valence-electron chi connectivity index (χ4n) is 3.54. The first kappa shape index (κ1) is 26.1. The van der Waals surface area contributed by atoms with Gasteiger partial charge in [0, 0.05) is 35.7 Å². The molecule has 188 valence electrons. The molecule has 0 saturated heterocycles. The maximum absolute atomic E-state index is 12.8. The number of benzene rings is 2. The SMILES string of the molecule is CCN(Cc1cc(NC(=O)C(C)(C)C)ccc1Oc1cc(CC(=O)O)ccc1OC)C(=O)C1CC1. The molecule has 0 spiro atoms. The Kier molecular flexibility index (Phi) is 8.04. The third-order valence-corrected chi connectivity index (χ3v) is 5.78. The summed E-state index contributed by atoms with van der Waals surface area (Å²) in [6.07, 6.45) is 1.67. The number of carbonyl (C=O) groups excluding carboxylic acids is 2. The summed E-state index contributed by atoms with van der Waals surface area (Å²) in [5.41, 5.74) is 1.33. The summed E-state index contributed by atoms with van der Waals surface area (Å²) in [7, 11) is 1.51. The molecule has 1 aliphatic carbocycles. The van der Waals surface area contributed by atoms with Crippen LogP contribution in [0.3, 0.4) is 0 Å². The molecule has 0 unspecified atom stereocenters. The Balaban J connectivity index is 1.97. The predicted octanol–water partition coefficient (Wildman–Crippen LogP) is 4.86. The van der Waals surface area contributed by atoms with Gasteiger partial charge >= 0.3 is 5.97 Å². The maximum Gasteiger partial charge on any atom is 0.307 e. The summed E-state index contributed by atoms with van der Waals surface area (Å²) in [5.74, 6) is 0.442. The van der Waals surface area contributed by atoms with E-state index in [0.717, 1.165) is 18.4 Å². The van der Waals surface area contributed by atoms with Crippen molar-refractivity contribution in [1.82, 2.24) is 4.90 Å². The molecule has 3 rings (SSSR count). The molecule has 1 fully saturated rings. The zero-order valence-electron chi connectivity index (χ0n) is 21.0. The van der Waals surface area contributed by atoms with Gasteiger partial charge in [0.05, 0.1) is 13.5 Å². The van der Waals surface area contributed by atoms with E-state index < -0.39 is 11.4 Å². The van der Waals surface area contributed by atoms with Gasteiger partial charge < -0.3 is 24.8 Å². The first-order chi connectivity index (χ1) is 16.5. The molecule has 0 atom stereocenters. The van der Waals surface area contributed by atoms with Gasteiger partial charge in [-0.25, -0.2) is 0 Å². The van der Waals surface area contributed by atoms with E-state index in [-0.39, 0.29) is 24.2 Å². The fourth-order valence-corrected chi connectivity index (χ4v) is 3.54. The number of carbonyl (C=O) groups is 3. The van der Waals surface area contributed by atoms with Gasteiger partial charge in [0.15, 0.2) is 11.5 Å². The lowest BCUT2D eigenvalue weighted by atomic mass is 9.95. The molecule has 2 aromatic rings. The van der Waals surface area contributed by atoms with E-state index in [0.29, 0.717) is 41.6 Å². The minimum Gasteiger partial charge on any atom is -0.493 e. The molecule has 2 amide bonds. The molecule has 8 heteroatoms. The number of ether oxygens (including phenoxy) is 2. The number of rotatable bonds is 10.